The number of hydrogen-bond acceptors (Lipinski definition) is 3. The maximum Gasteiger partial charge on any atom is 0.255 e. The number of rotatable bonds is 6. The molecular formula is C27H28N2O2. The molecule has 2 N–H and O–H groups in total. The van der Waals surface area contributed by atoms with E-state index in [0.717, 1.165) is 42.9 Å². The predicted molar refractivity (Wildman–Crippen MR) is 124 cm³/mol. The van der Waals surface area contributed by atoms with Crippen LogP contribution < -0.4 is 10.6 Å². The molecule has 2 aliphatic rings. The first-order valence-corrected chi connectivity index (χ1v) is 11.2. The minimum Gasteiger partial charge on any atom is -0.381 e. The van der Waals surface area contributed by atoms with E-state index in [0.29, 0.717) is 23.6 Å². The number of anilines is 1. The van der Waals surface area contributed by atoms with Gasteiger partial charge in [-0.25, -0.2) is 0 Å². The van der Waals surface area contributed by atoms with Gasteiger partial charge in [-0.15, -0.1) is 0 Å². The van der Waals surface area contributed by atoms with Gasteiger partial charge in [0.1, 0.15) is 0 Å². The van der Waals surface area contributed by atoms with Gasteiger partial charge in [0.05, 0.1) is 0 Å². The van der Waals surface area contributed by atoms with Crippen LogP contribution in [0.2, 0.25) is 0 Å². The Morgan fingerprint density at radius 2 is 1.48 bits per heavy atom. The van der Waals surface area contributed by atoms with E-state index < -0.39 is 0 Å². The summed E-state index contributed by atoms with van der Waals surface area (Å²) in [7, 11) is 0. The van der Waals surface area contributed by atoms with Gasteiger partial charge in [0.25, 0.3) is 5.91 Å². The highest BCUT2D eigenvalue weighted by Gasteiger charge is 2.39. The van der Waals surface area contributed by atoms with E-state index in [9.17, 15) is 4.79 Å². The lowest BCUT2D eigenvalue weighted by molar-refractivity contribution is 0.0774. The molecule has 0 aromatic heterocycles. The maximum atomic E-state index is 12.6. The molecule has 3 aromatic carbocycles. The largest absolute Gasteiger partial charge is 0.381 e. The minimum atomic E-state index is -0.0853. The number of nitrogens with one attached hydrogen (secondary N) is 2. The van der Waals surface area contributed by atoms with Gasteiger partial charge in [0.2, 0.25) is 0 Å². The number of ether oxygens (including phenoxy) is 1. The number of hydrogen-bond donors (Lipinski definition) is 2. The quantitative estimate of drug-likeness (QED) is 0.583. The normalized spacial score (nSPS) is 20.9. The van der Waals surface area contributed by atoms with E-state index in [1.54, 1.807) is 0 Å². The number of carbonyl (C=O) groups is 1. The molecule has 4 nitrogen and oxygen atoms in total. The van der Waals surface area contributed by atoms with E-state index in [2.05, 4.69) is 34.9 Å². The molecule has 1 saturated carbocycles. The molecule has 2 unspecified atom stereocenters. The summed E-state index contributed by atoms with van der Waals surface area (Å²) >= 11 is 0. The third-order valence-electron chi connectivity index (χ3n) is 6.31. The molecule has 0 spiro atoms. The summed E-state index contributed by atoms with van der Waals surface area (Å²) in [5, 5.41) is 6.79. The SMILES string of the molecule is O=C(Nc1ccc(C2CC2NC2CCOCC2)cc1)c1ccc(-c2ccccc2)cc1. The van der Waals surface area contributed by atoms with E-state index >= 15 is 0 Å². The summed E-state index contributed by atoms with van der Waals surface area (Å²) in [6.07, 6.45) is 3.41. The molecule has 5 rings (SSSR count). The molecule has 0 radical (unpaired) electrons. The fourth-order valence-corrected chi connectivity index (χ4v) is 4.38. The number of benzene rings is 3. The molecular weight excluding hydrogens is 384 g/mol. The van der Waals surface area contributed by atoms with Gasteiger partial charge in [-0.05, 0) is 60.2 Å². The molecule has 3 aromatic rings. The average molecular weight is 413 g/mol. The molecule has 2 fully saturated rings. The van der Waals surface area contributed by atoms with Gasteiger partial charge < -0.3 is 15.4 Å². The van der Waals surface area contributed by atoms with Crippen LogP contribution in [0.5, 0.6) is 0 Å². The van der Waals surface area contributed by atoms with Crippen molar-refractivity contribution < 1.29 is 9.53 Å². The molecule has 1 aliphatic carbocycles. The van der Waals surface area contributed by atoms with Gasteiger partial charge >= 0.3 is 0 Å². The average Bonchev–Trinajstić information content (AvgIpc) is 3.60. The van der Waals surface area contributed by atoms with E-state index in [-0.39, 0.29) is 5.91 Å². The Labute approximate surface area is 183 Å². The van der Waals surface area contributed by atoms with Gasteiger partial charge in [-0.1, -0.05) is 54.6 Å². The van der Waals surface area contributed by atoms with Crippen molar-refractivity contribution >= 4 is 11.6 Å². The van der Waals surface area contributed by atoms with Gasteiger partial charge in [0.15, 0.2) is 0 Å². The molecule has 31 heavy (non-hydrogen) atoms. The Morgan fingerprint density at radius 3 is 2.19 bits per heavy atom. The Balaban J connectivity index is 1.16. The summed E-state index contributed by atoms with van der Waals surface area (Å²) in [6, 6.07) is 27.4. The Morgan fingerprint density at radius 1 is 0.806 bits per heavy atom. The second kappa shape index (κ2) is 9.04. The van der Waals surface area contributed by atoms with Crippen molar-refractivity contribution in [2.24, 2.45) is 0 Å². The molecule has 1 saturated heterocycles. The van der Waals surface area contributed by atoms with Crippen molar-refractivity contribution in [3.63, 3.8) is 0 Å². The zero-order chi connectivity index (χ0) is 21.0. The fraction of sp³-hybridized carbons (Fsp3) is 0.296. The lowest BCUT2D eigenvalue weighted by Gasteiger charge is -2.23. The molecule has 4 heteroatoms. The zero-order valence-corrected chi connectivity index (χ0v) is 17.6. The lowest BCUT2D eigenvalue weighted by Crippen LogP contribution is -2.36. The minimum absolute atomic E-state index is 0.0853. The molecule has 0 bridgehead atoms. The van der Waals surface area contributed by atoms with Crippen LogP contribution in [0.1, 0.15) is 41.1 Å². The van der Waals surface area contributed by atoms with Crippen LogP contribution >= 0.6 is 0 Å². The highest BCUT2D eigenvalue weighted by molar-refractivity contribution is 6.04. The Bertz CT molecular complexity index is 1010. The first-order valence-electron chi connectivity index (χ1n) is 11.2. The van der Waals surface area contributed by atoms with Gasteiger partial charge in [-0.3, -0.25) is 4.79 Å². The van der Waals surface area contributed by atoms with Crippen molar-refractivity contribution in [1.82, 2.24) is 5.32 Å². The van der Waals surface area contributed by atoms with Gasteiger partial charge in [-0.2, -0.15) is 0 Å². The van der Waals surface area contributed by atoms with E-state index in [1.165, 1.54) is 12.0 Å². The first kappa shape index (κ1) is 20.0. The van der Waals surface area contributed by atoms with Crippen LogP contribution in [0.3, 0.4) is 0 Å². The van der Waals surface area contributed by atoms with Crippen molar-refractivity contribution in [1.29, 1.82) is 0 Å². The summed E-state index contributed by atoms with van der Waals surface area (Å²) in [6.45, 7) is 1.75. The van der Waals surface area contributed by atoms with Crippen molar-refractivity contribution in [3.05, 3.63) is 90.0 Å². The lowest BCUT2D eigenvalue weighted by atomic mass is 10.0. The molecule has 1 aliphatic heterocycles. The second-order valence-corrected chi connectivity index (χ2v) is 8.52. The monoisotopic (exact) mass is 412 g/mol. The van der Waals surface area contributed by atoms with E-state index in [1.807, 2.05) is 54.6 Å². The van der Waals surface area contributed by atoms with E-state index in [4.69, 9.17) is 4.74 Å². The van der Waals surface area contributed by atoms with Crippen LogP contribution in [0.4, 0.5) is 5.69 Å². The topological polar surface area (TPSA) is 50.4 Å². The molecule has 158 valence electrons. The third-order valence-corrected chi connectivity index (χ3v) is 6.31. The van der Waals surface area contributed by atoms with Crippen molar-refractivity contribution in [2.75, 3.05) is 18.5 Å². The van der Waals surface area contributed by atoms with Crippen LogP contribution in [-0.2, 0) is 4.74 Å². The van der Waals surface area contributed by atoms with Crippen LogP contribution in [0.25, 0.3) is 11.1 Å². The van der Waals surface area contributed by atoms with Crippen LogP contribution in [0.15, 0.2) is 78.9 Å². The number of amides is 1. The molecule has 1 heterocycles. The van der Waals surface area contributed by atoms with Crippen LogP contribution in [0, 0.1) is 0 Å². The Kier molecular flexibility index (Phi) is 5.83. The smallest absolute Gasteiger partial charge is 0.255 e. The molecule has 2 atom stereocenters. The Hall–Kier alpha value is -2.95. The zero-order valence-electron chi connectivity index (χ0n) is 17.6. The summed E-state index contributed by atoms with van der Waals surface area (Å²) in [5.41, 5.74) is 5.08. The standard InChI is InChI=1S/C27H28N2O2/c30-27(22-8-6-20(7-9-22)19-4-2-1-3-5-19)29-23-12-10-21(11-13-23)25-18-26(25)28-24-14-16-31-17-15-24/h1-13,24-26,28H,14-18H2,(H,29,30). The fourth-order valence-electron chi connectivity index (χ4n) is 4.38. The summed E-state index contributed by atoms with van der Waals surface area (Å²) in [5.74, 6) is 0.496. The maximum absolute atomic E-state index is 12.6. The molecule has 1 amide bonds. The first-order chi connectivity index (χ1) is 15.3. The summed E-state index contributed by atoms with van der Waals surface area (Å²) < 4.78 is 5.44. The van der Waals surface area contributed by atoms with Crippen molar-refractivity contribution in [2.45, 2.75) is 37.3 Å². The predicted octanol–water partition coefficient (Wildman–Crippen LogP) is 5.23. The van der Waals surface area contributed by atoms with Gasteiger partial charge in [0, 0.05) is 42.5 Å². The third kappa shape index (κ3) is 4.87. The summed E-state index contributed by atoms with van der Waals surface area (Å²) in [4.78, 5) is 12.6. The van der Waals surface area contributed by atoms with Crippen molar-refractivity contribution in [3.8, 4) is 11.1 Å². The number of carbonyl (C=O) groups excluding carboxylic acids is 1. The highest BCUT2D eigenvalue weighted by Crippen LogP contribution is 2.41. The van der Waals surface area contributed by atoms with Crippen LogP contribution in [-0.4, -0.2) is 31.2 Å². The second-order valence-electron chi connectivity index (χ2n) is 8.52. The highest BCUT2D eigenvalue weighted by atomic mass is 16.5.